The Hall–Kier alpha value is -4.33. The lowest BCUT2D eigenvalue weighted by atomic mass is 10.0. The number of nitrogens with one attached hydrogen (secondary N) is 1. The molecule has 0 aliphatic carbocycles. The highest BCUT2D eigenvalue weighted by Crippen LogP contribution is 2.22. The Morgan fingerprint density at radius 2 is 1.51 bits per heavy atom. The van der Waals surface area contributed by atoms with Crippen molar-refractivity contribution in [1.29, 1.82) is 0 Å². The lowest BCUT2D eigenvalue weighted by Gasteiger charge is -2.23. The standard InChI is InChI=1S/C31H37N3O5/c1-31(2,3)39-30(36)33-27(29(35)38-22-24-14-10-7-11-15-24)19-25-16-17-28(26(18-25)20-32-34(4)5)37-21-23-12-8-6-9-13-23/h6-18,20,27H,19,21-22H2,1-5H3,(H,33,36)/b32-20+/t27-/m0/s1. The third-order valence-corrected chi connectivity index (χ3v) is 5.38. The van der Waals surface area contributed by atoms with E-state index in [1.165, 1.54) is 0 Å². The van der Waals surface area contributed by atoms with Gasteiger partial charge < -0.3 is 24.5 Å². The minimum atomic E-state index is -0.960. The monoisotopic (exact) mass is 531 g/mol. The number of carbonyl (C=O) groups excluding carboxylic acids is 2. The predicted molar refractivity (Wildman–Crippen MR) is 152 cm³/mol. The van der Waals surface area contributed by atoms with Crippen LogP contribution in [0, 0.1) is 0 Å². The average Bonchev–Trinajstić information content (AvgIpc) is 2.89. The summed E-state index contributed by atoms with van der Waals surface area (Å²) in [6.07, 6.45) is 1.20. The first kappa shape index (κ1) is 29.2. The number of nitrogens with zero attached hydrogens (tertiary/aromatic N) is 2. The van der Waals surface area contributed by atoms with Crippen LogP contribution >= 0.6 is 0 Å². The van der Waals surface area contributed by atoms with Gasteiger partial charge in [-0.25, -0.2) is 9.59 Å². The number of esters is 1. The lowest BCUT2D eigenvalue weighted by molar-refractivity contribution is -0.147. The van der Waals surface area contributed by atoms with E-state index in [1.54, 1.807) is 32.0 Å². The SMILES string of the molecule is CN(C)/N=C/c1cc(C[C@H](NC(=O)OC(C)(C)C)C(=O)OCc2ccccc2)ccc1OCc1ccccc1. The Labute approximate surface area is 230 Å². The highest BCUT2D eigenvalue weighted by molar-refractivity contribution is 5.84. The molecular weight excluding hydrogens is 494 g/mol. The van der Waals surface area contributed by atoms with E-state index in [2.05, 4.69) is 10.4 Å². The molecule has 3 aromatic rings. The molecule has 0 spiro atoms. The zero-order chi connectivity index (χ0) is 28.3. The largest absolute Gasteiger partial charge is 0.488 e. The van der Waals surface area contributed by atoms with E-state index in [-0.39, 0.29) is 13.0 Å². The first-order valence-corrected chi connectivity index (χ1v) is 12.8. The molecule has 3 rings (SSSR count). The van der Waals surface area contributed by atoms with Crippen LogP contribution in [0.25, 0.3) is 0 Å². The molecule has 8 nitrogen and oxygen atoms in total. The molecule has 0 unspecified atom stereocenters. The summed E-state index contributed by atoms with van der Waals surface area (Å²) in [4.78, 5) is 25.7. The summed E-state index contributed by atoms with van der Waals surface area (Å²) in [5, 5.41) is 8.73. The Bertz CT molecular complexity index is 1240. The average molecular weight is 532 g/mol. The molecule has 0 heterocycles. The third kappa shape index (κ3) is 10.5. The quantitative estimate of drug-likeness (QED) is 0.204. The van der Waals surface area contributed by atoms with E-state index < -0.39 is 23.7 Å². The highest BCUT2D eigenvalue weighted by Gasteiger charge is 2.26. The number of ether oxygens (including phenoxy) is 3. The molecule has 0 aliphatic rings. The maximum absolute atomic E-state index is 13.1. The second-order valence-electron chi connectivity index (χ2n) is 10.2. The van der Waals surface area contributed by atoms with E-state index in [0.717, 1.165) is 22.3 Å². The second-order valence-corrected chi connectivity index (χ2v) is 10.2. The van der Waals surface area contributed by atoms with Crippen LogP contribution < -0.4 is 10.1 Å². The molecule has 0 saturated heterocycles. The molecule has 3 aromatic carbocycles. The first-order valence-electron chi connectivity index (χ1n) is 12.8. The van der Waals surface area contributed by atoms with Crippen molar-refractivity contribution in [2.24, 2.45) is 5.10 Å². The van der Waals surface area contributed by atoms with Crippen LogP contribution in [0.1, 0.15) is 43.0 Å². The molecule has 0 saturated carbocycles. The van der Waals surface area contributed by atoms with Crippen molar-refractivity contribution in [2.45, 2.75) is 52.0 Å². The molecule has 0 aromatic heterocycles. The van der Waals surface area contributed by atoms with Crippen molar-refractivity contribution >= 4 is 18.3 Å². The van der Waals surface area contributed by atoms with Gasteiger partial charge in [0.15, 0.2) is 0 Å². The van der Waals surface area contributed by atoms with Crippen molar-refractivity contribution in [3.8, 4) is 5.75 Å². The normalized spacial score (nSPS) is 12.0. The Balaban J connectivity index is 1.80. The number of alkyl carbamates (subject to hydrolysis) is 1. The van der Waals surface area contributed by atoms with Gasteiger partial charge in [0.05, 0.1) is 6.21 Å². The van der Waals surface area contributed by atoms with E-state index in [4.69, 9.17) is 14.2 Å². The fourth-order valence-corrected chi connectivity index (χ4v) is 3.58. The van der Waals surface area contributed by atoms with Crippen molar-refractivity contribution in [2.75, 3.05) is 14.1 Å². The molecular formula is C31H37N3O5. The van der Waals surface area contributed by atoms with E-state index >= 15 is 0 Å². The van der Waals surface area contributed by atoms with Gasteiger partial charge in [-0.3, -0.25) is 0 Å². The number of carbonyl (C=O) groups is 2. The van der Waals surface area contributed by atoms with Crippen LogP contribution in [-0.4, -0.2) is 49.0 Å². The summed E-state index contributed by atoms with van der Waals surface area (Å²) in [5.41, 5.74) is 2.71. The fourth-order valence-electron chi connectivity index (χ4n) is 3.58. The summed E-state index contributed by atoms with van der Waals surface area (Å²) in [6, 6.07) is 23.9. The molecule has 0 radical (unpaired) electrons. The molecule has 0 aliphatic heterocycles. The zero-order valence-corrected chi connectivity index (χ0v) is 23.2. The molecule has 0 bridgehead atoms. The van der Waals surface area contributed by atoms with E-state index in [9.17, 15) is 9.59 Å². The van der Waals surface area contributed by atoms with Gasteiger partial charge in [-0.15, -0.1) is 0 Å². The maximum atomic E-state index is 13.1. The number of hydrogen-bond acceptors (Lipinski definition) is 7. The third-order valence-electron chi connectivity index (χ3n) is 5.38. The van der Waals surface area contributed by atoms with Crippen LogP contribution in [0.2, 0.25) is 0 Å². The van der Waals surface area contributed by atoms with Crippen molar-refractivity contribution < 1.29 is 23.8 Å². The summed E-state index contributed by atoms with van der Waals surface area (Å²) in [7, 11) is 3.66. The van der Waals surface area contributed by atoms with Crippen LogP contribution in [0.4, 0.5) is 4.79 Å². The van der Waals surface area contributed by atoms with E-state index in [1.807, 2.05) is 93.0 Å². The van der Waals surface area contributed by atoms with Gasteiger partial charge in [-0.1, -0.05) is 66.7 Å². The van der Waals surface area contributed by atoms with Crippen molar-refractivity contribution in [3.63, 3.8) is 0 Å². The first-order chi connectivity index (χ1) is 18.6. The summed E-state index contributed by atoms with van der Waals surface area (Å²) < 4.78 is 17.0. The van der Waals surface area contributed by atoms with Crippen LogP contribution in [0.3, 0.4) is 0 Å². The molecule has 8 heteroatoms. The minimum Gasteiger partial charge on any atom is -0.488 e. The second kappa shape index (κ2) is 14.0. The molecule has 0 fully saturated rings. The van der Waals surface area contributed by atoms with E-state index in [0.29, 0.717) is 12.4 Å². The number of amides is 1. The van der Waals surface area contributed by atoms with Gasteiger partial charge in [0.1, 0.15) is 30.6 Å². The molecule has 39 heavy (non-hydrogen) atoms. The lowest BCUT2D eigenvalue weighted by Crippen LogP contribution is -2.45. The van der Waals surface area contributed by atoms with Gasteiger partial charge in [0.2, 0.25) is 0 Å². The Morgan fingerprint density at radius 3 is 2.10 bits per heavy atom. The van der Waals surface area contributed by atoms with Crippen LogP contribution in [0.15, 0.2) is 84.0 Å². The predicted octanol–water partition coefficient (Wildman–Crippen LogP) is 5.34. The van der Waals surface area contributed by atoms with Gasteiger partial charge >= 0.3 is 12.1 Å². The molecule has 1 atom stereocenters. The molecule has 1 N–H and O–H groups in total. The highest BCUT2D eigenvalue weighted by atomic mass is 16.6. The van der Waals surface area contributed by atoms with Crippen LogP contribution in [0.5, 0.6) is 5.75 Å². The number of rotatable bonds is 11. The number of hydrazone groups is 1. The number of hydrogen-bond donors (Lipinski definition) is 1. The maximum Gasteiger partial charge on any atom is 0.408 e. The Morgan fingerprint density at radius 1 is 0.897 bits per heavy atom. The molecule has 1 amide bonds. The van der Waals surface area contributed by atoms with Gasteiger partial charge in [-0.05, 0) is 49.6 Å². The smallest absolute Gasteiger partial charge is 0.408 e. The van der Waals surface area contributed by atoms with Gasteiger partial charge in [0.25, 0.3) is 0 Å². The number of benzene rings is 3. The summed E-state index contributed by atoms with van der Waals surface area (Å²) in [5.74, 6) is 0.0918. The summed E-state index contributed by atoms with van der Waals surface area (Å²) in [6.45, 7) is 5.79. The fraction of sp³-hybridized carbons (Fsp3) is 0.323. The van der Waals surface area contributed by atoms with Gasteiger partial charge in [-0.2, -0.15) is 5.10 Å². The topological polar surface area (TPSA) is 89.5 Å². The van der Waals surface area contributed by atoms with Crippen LogP contribution in [-0.2, 0) is 33.9 Å². The molecule has 206 valence electrons. The summed E-state index contributed by atoms with van der Waals surface area (Å²) >= 11 is 0. The Kier molecular flexibility index (Phi) is 10.5. The zero-order valence-electron chi connectivity index (χ0n) is 23.2. The minimum absolute atomic E-state index is 0.0964. The van der Waals surface area contributed by atoms with Crippen molar-refractivity contribution in [3.05, 3.63) is 101 Å². The van der Waals surface area contributed by atoms with Crippen molar-refractivity contribution in [1.82, 2.24) is 10.3 Å². The van der Waals surface area contributed by atoms with Gasteiger partial charge in [0, 0.05) is 26.1 Å².